The number of methoxy groups -OCH3 is 3. The normalized spacial score (nSPS) is 10.9. The van der Waals surface area contributed by atoms with Gasteiger partial charge in [0, 0.05) is 17.7 Å². The zero-order valence-corrected chi connectivity index (χ0v) is 14.3. The van der Waals surface area contributed by atoms with E-state index in [0.717, 1.165) is 0 Å². The second kappa shape index (κ2) is 7.51. The fourth-order valence-corrected chi connectivity index (χ4v) is 2.30. The number of ether oxygens (including phenoxy) is 3. The number of benzene rings is 2. The number of nitrogens with one attached hydrogen (secondary N) is 1. The van der Waals surface area contributed by atoms with Crippen molar-refractivity contribution in [3.8, 4) is 17.2 Å². The number of hydrogen-bond donors (Lipinski definition) is 1. The highest BCUT2D eigenvalue weighted by molar-refractivity contribution is 5.98. The van der Waals surface area contributed by atoms with Crippen molar-refractivity contribution >= 4 is 23.2 Å². The molecule has 0 spiro atoms. The first-order valence-electron chi connectivity index (χ1n) is 7.52. The van der Waals surface area contributed by atoms with Crippen molar-refractivity contribution in [2.24, 2.45) is 5.10 Å². The van der Waals surface area contributed by atoms with Crippen molar-refractivity contribution in [3.05, 3.63) is 41.5 Å². The van der Waals surface area contributed by atoms with Gasteiger partial charge in [0.25, 0.3) is 5.91 Å². The fraction of sp³-hybridized carbons (Fsp3) is 0.176. The van der Waals surface area contributed by atoms with Gasteiger partial charge in [-0.2, -0.15) is 5.10 Å². The third kappa shape index (κ3) is 3.41. The molecule has 2 aromatic carbocycles. The molecule has 0 unspecified atom stereocenters. The third-order valence-corrected chi connectivity index (χ3v) is 3.63. The van der Waals surface area contributed by atoms with Gasteiger partial charge in [-0.05, 0) is 28.5 Å². The lowest BCUT2D eigenvalue weighted by atomic mass is 10.2. The van der Waals surface area contributed by atoms with Gasteiger partial charge in [-0.3, -0.25) is 4.79 Å². The van der Waals surface area contributed by atoms with E-state index in [9.17, 15) is 4.79 Å². The van der Waals surface area contributed by atoms with Crippen LogP contribution in [0.3, 0.4) is 0 Å². The number of aromatic nitrogens is 2. The maximum Gasteiger partial charge on any atom is 0.271 e. The van der Waals surface area contributed by atoms with Crippen LogP contribution in [0.25, 0.3) is 11.0 Å². The third-order valence-electron chi connectivity index (χ3n) is 3.63. The number of hydrazone groups is 1. The van der Waals surface area contributed by atoms with Gasteiger partial charge in [0.05, 0.1) is 33.1 Å². The molecule has 0 aliphatic carbocycles. The molecule has 134 valence electrons. The lowest BCUT2D eigenvalue weighted by molar-refractivity contribution is 0.0955. The smallest absolute Gasteiger partial charge is 0.271 e. The van der Waals surface area contributed by atoms with Crippen molar-refractivity contribution in [1.82, 2.24) is 15.7 Å². The van der Waals surface area contributed by atoms with Gasteiger partial charge in [-0.25, -0.2) is 10.1 Å². The second-order valence-corrected chi connectivity index (χ2v) is 5.11. The van der Waals surface area contributed by atoms with Crippen molar-refractivity contribution in [2.45, 2.75) is 0 Å². The van der Waals surface area contributed by atoms with Crippen LogP contribution in [-0.2, 0) is 0 Å². The van der Waals surface area contributed by atoms with Crippen LogP contribution in [0.2, 0.25) is 0 Å². The van der Waals surface area contributed by atoms with E-state index in [1.54, 1.807) is 37.4 Å². The van der Waals surface area contributed by atoms with Crippen LogP contribution in [-0.4, -0.2) is 43.8 Å². The fourth-order valence-electron chi connectivity index (χ4n) is 2.30. The second-order valence-electron chi connectivity index (χ2n) is 5.11. The Hall–Kier alpha value is -3.62. The summed E-state index contributed by atoms with van der Waals surface area (Å²) in [5.74, 6) is 1.16. The first-order chi connectivity index (χ1) is 12.7. The molecule has 0 aliphatic rings. The molecule has 0 saturated carbocycles. The summed E-state index contributed by atoms with van der Waals surface area (Å²) in [6.07, 6.45) is 1.44. The SMILES string of the molecule is COc1cc(OC)c(C=NNC(=O)c2ccc3nonc3c2)c(OC)c1. The Bertz CT molecular complexity index is 942. The Kier molecular flexibility index (Phi) is 4.97. The van der Waals surface area contributed by atoms with Crippen LogP contribution in [0.1, 0.15) is 15.9 Å². The van der Waals surface area contributed by atoms with Gasteiger partial charge >= 0.3 is 0 Å². The molecule has 26 heavy (non-hydrogen) atoms. The summed E-state index contributed by atoms with van der Waals surface area (Å²) in [5, 5.41) is 11.4. The standard InChI is InChI=1S/C17H16N4O5/c1-23-11-7-15(24-2)12(16(8-11)25-3)9-18-19-17(22)10-4-5-13-14(6-10)21-26-20-13/h4-9H,1-3H3,(H,19,22). The Labute approximate surface area is 148 Å². The molecule has 3 rings (SSSR count). The van der Waals surface area contributed by atoms with Crippen molar-refractivity contribution in [1.29, 1.82) is 0 Å². The molecule has 0 fully saturated rings. The molecule has 0 atom stereocenters. The molecule has 0 radical (unpaired) electrons. The largest absolute Gasteiger partial charge is 0.496 e. The zero-order valence-electron chi connectivity index (χ0n) is 14.3. The molecule has 1 amide bonds. The van der Waals surface area contributed by atoms with Crippen molar-refractivity contribution < 1.29 is 23.6 Å². The minimum Gasteiger partial charge on any atom is -0.496 e. The molecule has 1 aromatic heterocycles. The molecule has 9 heteroatoms. The Morgan fingerprint density at radius 3 is 2.38 bits per heavy atom. The number of amides is 1. The van der Waals surface area contributed by atoms with Gasteiger partial charge in [-0.1, -0.05) is 0 Å². The minimum atomic E-state index is -0.405. The summed E-state index contributed by atoms with van der Waals surface area (Å²) in [5.41, 5.74) is 4.43. The molecule has 0 bridgehead atoms. The van der Waals surface area contributed by atoms with Crippen LogP contribution in [0, 0.1) is 0 Å². The highest BCUT2D eigenvalue weighted by Gasteiger charge is 2.12. The predicted octanol–water partition coefficient (Wildman–Crippen LogP) is 2.01. The molecule has 1 heterocycles. The van der Waals surface area contributed by atoms with E-state index in [-0.39, 0.29) is 0 Å². The van der Waals surface area contributed by atoms with Crippen molar-refractivity contribution in [2.75, 3.05) is 21.3 Å². The number of carbonyl (C=O) groups excluding carboxylic acids is 1. The van der Waals surface area contributed by atoms with Crippen LogP contribution in [0.4, 0.5) is 0 Å². The summed E-state index contributed by atoms with van der Waals surface area (Å²) < 4.78 is 20.4. The monoisotopic (exact) mass is 356 g/mol. The van der Waals surface area contributed by atoms with Gasteiger partial charge in [-0.15, -0.1) is 0 Å². The minimum absolute atomic E-state index is 0.374. The van der Waals surface area contributed by atoms with E-state index in [1.807, 2.05) is 0 Å². The summed E-state index contributed by atoms with van der Waals surface area (Å²) in [7, 11) is 4.58. The summed E-state index contributed by atoms with van der Waals surface area (Å²) in [6.45, 7) is 0. The summed E-state index contributed by atoms with van der Waals surface area (Å²) in [4.78, 5) is 12.2. The first kappa shape index (κ1) is 17.2. The molecule has 9 nitrogen and oxygen atoms in total. The molecule has 3 aromatic rings. The number of nitrogens with zero attached hydrogens (tertiary/aromatic N) is 3. The lowest BCUT2D eigenvalue weighted by Gasteiger charge is -2.12. The van der Waals surface area contributed by atoms with Gasteiger partial charge < -0.3 is 14.2 Å². The van der Waals surface area contributed by atoms with Gasteiger partial charge in [0.15, 0.2) is 0 Å². The Balaban J connectivity index is 1.80. The Morgan fingerprint density at radius 2 is 1.73 bits per heavy atom. The van der Waals surface area contributed by atoms with Crippen LogP contribution >= 0.6 is 0 Å². The molecular formula is C17H16N4O5. The van der Waals surface area contributed by atoms with E-state index < -0.39 is 5.91 Å². The van der Waals surface area contributed by atoms with Gasteiger partial charge in [0.2, 0.25) is 0 Å². The highest BCUT2D eigenvalue weighted by atomic mass is 16.6. The average Bonchev–Trinajstić information content (AvgIpc) is 3.15. The number of rotatable bonds is 6. The Morgan fingerprint density at radius 1 is 1.04 bits per heavy atom. The van der Waals surface area contributed by atoms with E-state index in [4.69, 9.17) is 14.2 Å². The molecular weight excluding hydrogens is 340 g/mol. The maximum atomic E-state index is 12.2. The first-order valence-corrected chi connectivity index (χ1v) is 7.52. The maximum absolute atomic E-state index is 12.2. The van der Waals surface area contributed by atoms with E-state index in [1.165, 1.54) is 20.4 Å². The van der Waals surface area contributed by atoms with Gasteiger partial charge in [0.1, 0.15) is 28.3 Å². The molecule has 0 saturated heterocycles. The van der Waals surface area contributed by atoms with Crippen molar-refractivity contribution in [3.63, 3.8) is 0 Å². The lowest BCUT2D eigenvalue weighted by Crippen LogP contribution is -2.17. The predicted molar refractivity (Wildman–Crippen MR) is 93.0 cm³/mol. The van der Waals surface area contributed by atoms with E-state index >= 15 is 0 Å². The van der Waals surface area contributed by atoms with Crippen LogP contribution in [0.15, 0.2) is 40.1 Å². The summed E-state index contributed by atoms with van der Waals surface area (Å²) in [6, 6.07) is 8.19. The van der Waals surface area contributed by atoms with E-state index in [2.05, 4.69) is 25.5 Å². The zero-order chi connectivity index (χ0) is 18.5. The quantitative estimate of drug-likeness (QED) is 0.531. The molecule has 1 N–H and O–H groups in total. The van der Waals surface area contributed by atoms with Crippen LogP contribution in [0.5, 0.6) is 17.2 Å². The number of hydrogen-bond acceptors (Lipinski definition) is 8. The number of carbonyl (C=O) groups is 1. The number of fused-ring (bicyclic) bond motifs is 1. The molecule has 0 aliphatic heterocycles. The van der Waals surface area contributed by atoms with E-state index in [0.29, 0.717) is 39.4 Å². The topological polar surface area (TPSA) is 108 Å². The summed E-state index contributed by atoms with van der Waals surface area (Å²) >= 11 is 0. The average molecular weight is 356 g/mol. The van der Waals surface area contributed by atoms with Crippen LogP contribution < -0.4 is 19.6 Å². The highest BCUT2D eigenvalue weighted by Crippen LogP contribution is 2.32.